The van der Waals surface area contributed by atoms with Crippen LogP contribution in [0.2, 0.25) is 0 Å². The van der Waals surface area contributed by atoms with Crippen LogP contribution in [-0.2, 0) is 9.84 Å². The van der Waals surface area contributed by atoms with Crippen LogP contribution in [-0.4, -0.2) is 43.6 Å². The van der Waals surface area contributed by atoms with Gasteiger partial charge >= 0.3 is 0 Å². The number of sulfone groups is 1. The van der Waals surface area contributed by atoms with Crippen molar-refractivity contribution in [2.24, 2.45) is 0 Å². The highest BCUT2D eigenvalue weighted by Crippen LogP contribution is 2.04. The van der Waals surface area contributed by atoms with Crippen molar-refractivity contribution in [1.82, 2.24) is 0 Å². The van der Waals surface area contributed by atoms with Crippen molar-refractivity contribution in [1.29, 1.82) is 0 Å². The summed E-state index contributed by atoms with van der Waals surface area (Å²) >= 11 is 1.63. The Labute approximate surface area is 78.5 Å². The van der Waals surface area contributed by atoms with Crippen LogP contribution in [0.4, 0.5) is 0 Å². The molecule has 0 heterocycles. The molecular weight excluding hydrogens is 196 g/mol. The van der Waals surface area contributed by atoms with Crippen LogP contribution in [0.25, 0.3) is 0 Å². The molecule has 0 saturated heterocycles. The zero-order valence-corrected chi connectivity index (χ0v) is 8.96. The highest BCUT2D eigenvalue weighted by molar-refractivity contribution is 8.00. The predicted molar refractivity (Wildman–Crippen MR) is 53.4 cm³/mol. The molecule has 0 atom stereocenters. The second-order valence-electron chi connectivity index (χ2n) is 2.67. The van der Waals surface area contributed by atoms with Crippen LogP contribution in [0.1, 0.15) is 12.8 Å². The minimum Gasteiger partial charge on any atom is -0.396 e. The summed E-state index contributed by atoms with van der Waals surface area (Å²) in [5.74, 6) is 1.87. The van der Waals surface area contributed by atoms with Gasteiger partial charge in [0.15, 0.2) is 0 Å². The van der Waals surface area contributed by atoms with E-state index in [1.54, 1.807) is 11.8 Å². The molecule has 0 aromatic carbocycles. The Bertz CT molecular complexity index is 187. The standard InChI is InChI=1S/C7H16O3S2/c1-12(9,10)7-6-11-5-3-2-4-8/h8H,2-7H2,1H3. The van der Waals surface area contributed by atoms with Gasteiger partial charge in [-0.05, 0) is 18.6 Å². The van der Waals surface area contributed by atoms with Crippen LogP contribution in [0, 0.1) is 0 Å². The van der Waals surface area contributed by atoms with Crippen molar-refractivity contribution in [2.45, 2.75) is 12.8 Å². The molecule has 74 valence electrons. The lowest BCUT2D eigenvalue weighted by atomic mass is 10.4. The van der Waals surface area contributed by atoms with E-state index in [-0.39, 0.29) is 12.4 Å². The average molecular weight is 212 g/mol. The minimum absolute atomic E-state index is 0.229. The monoisotopic (exact) mass is 212 g/mol. The number of aliphatic hydroxyl groups is 1. The van der Waals surface area contributed by atoms with Crippen LogP contribution < -0.4 is 0 Å². The molecule has 0 aromatic heterocycles. The second kappa shape index (κ2) is 6.74. The molecule has 0 rings (SSSR count). The van der Waals surface area contributed by atoms with Crippen molar-refractivity contribution in [2.75, 3.05) is 30.1 Å². The Hall–Kier alpha value is 0.260. The van der Waals surface area contributed by atoms with Gasteiger partial charge in [0.25, 0.3) is 0 Å². The first-order valence-electron chi connectivity index (χ1n) is 3.92. The molecule has 12 heavy (non-hydrogen) atoms. The van der Waals surface area contributed by atoms with E-state index in [1.807, 2.05) is 0 Å². The third-order valence-electron chi connectivity index (χ3n) is 1.30. The first kappa shape index (κ1) is 12.3. The molecule has 0 aliphatic carbocycles. The van der Waals surface area contributed by atoms with Crippen LogP contribution in [0.15, 0.2) is 0 Å². The summed E-state index contributed by atoms with van der Waals surface area (Å²) in [7, 11) is -2.79. The molecule has 0 spiro atoms. The van der Waals surface area contributed by atoms with E-state index < -0.39 is 9.84 Å². The zero-order chi connectivity index (χ0) is 9.45. The van der Waals surface area contributed by atoms with Gasteiger partial charge in [-0.2, -0.15) is 11.8 Å². The van der Waals surface area contributed by atoms with Crippen LogP contribution in [0.3, 0.4) is 0 Å². The molecule has 0 aliphatic heterocycles. The molecule has 0 bridgehead atoms. The van der Waals surface area contributed by atoms with Gasteiger partial charge in [0.1, 0.15) is 9.84 Å². The molecule has 0 aliphatic rings. The Morgan fingerprint density at radius 1 is 1.25 bits per heavy atom. The second-order valence-corrected chi connectivity index (χ2v) is 6.16. The van der Waals surface area contributed by atoms with Gasteiger partial charge in [-0.3, -0.25) is 0 Å². The fraction of sp³-hybridized carbons (Fsp3) is 1.00. The Morgan fingerprint density at radius 2 is 1.92 bits per heavy atom. The van der Waals surface area contributed by atoms with Gasteiger partial charge in [0.2, 0.25) is 0 Å². The first-order chi connectivity index (χ1) is 5.56. The van der Waals surface area contributed by atoms with E-state index >= 15 is 0 Å². The van der Waals surface area contributed by atoms with Gasteiger partial charge in [0, 0.05) is 18.6 Å². The molecule has 0 saturated carbocycles. The van der Waals surface area contributed by atoms with Crippen molar-refractivity contribution in [3.8, 4) is 0 Å². The van der Waals surface area contributed by atoms with E-state index in [0.29, 0.717) is 5.75 Å². The molecule has 0 amide bonds. The molecule has 0 unspecified atom stereocenters. The minimum atomic E-state index is -2.79. The molecule has 1 N–H and O–H groups in total. The highest BCUT2D eigenvalue weighted by atomic mass is 32.2. The molecule has 5 heteroatoms. The number of hydrogen-bond donors (Lipinski definition) is 1. The maximum absolute atomic E-state index is 10.7. The molecule has 0 fully saturated rings. The summed E-state index contributed by atoms with van der Waals surface area (Å²) in [6, 6.07) is 0. The maximum atomic E-state index is 10.7. The van der Waals surface area contributed by atoms with E-state index in [4.69, 9.17) is 5.11 Å². The largest absolute Gasteiger partial charge is 0.396 e. The summed E-state index contributed by atoms with van der Waals surface area (Å²) in [4.78, 5) is 0. The number of thioether (sulfide) groups is 1. The average Bonchev–Trinajstić information content (AvgIpc) is 1.94. The van der Waals surface area contributed by atoms with E-state index in [1.165, 1.54) is 6.26 Å². The normalized spacial score (nSPS) is 11.8. The van der Waals surface area contributed by atoms with Crippen molar-refractivity contribution >= 4 is 21.6 Å². The highest BCUT2D eigenvalue weighted by Gasteiger charge is 2.00. The van der Waals surface area contributed by atoms with Crippen molar-refractivity contribution < 1.29 is 13.5 Å². The van der Waals surface area contributed by atoms with Gasteiger partial charge < -0.3 is 5.11 Å². The number of aliphatic hydroxyl groups excluding tert-OH is 1. The predicted octanol–water partition coefficient (Wildman–Crippen LogP) is 0.537. The molecule has 0 radical (unpaired) electrons. The SMILES string of the molecule is CS(=O)(=O)CCSCCCCO. The number of rotatable bonds is 7. The summed E-state index contributed by atoms with van der Waals surface area (Å²) < 4.78 is 21.3. The lowest BCUT2D eigenvalue weighted by Gasteiger charge is -1.98. The third-order valence-corrected chi connectivity index (χ3v) is 3.57. The zero-order valence-electron chi connectivity index (χ0n) is 7.32. The fourth-order valence-electron chi connectivity index (χ4n) is 0.628. The quantitative estimate of drug-likeness (QED) is 0.626. The maximum Gasteiger partial charge on any atom is 0.148 e. The molecular formula is C7H16O3S2. The van der Waals surface area contributed by atoms with Gasteiger partial charge in [0.05, 0.1) is 5.75 Å². The van der Waals surface area contributed by atoms with E-state index in [0.717, 1.165) is 18.6 Å². The Balaban J connectivity index is 3.12. The van der Waals surface area contributed by atoms with Gasteiger partial charge in [-0.15, -0.1) is 0 Å². The number of hydrogen-bond acceptors (Lipinski definition) is 4. The smallest absolute Gasteiger partial charge is 0.148 e. The Morgan fingerprint density at radius 3 is 2.42 bits per heavy atom. The van der Waals surface area contributed by atoms with Crippen molar-refractivity contribution in [3.05, 3.63) is 0 Å². The van der Waals surface area contributed by atoms with Crippen LogP contribution in [0.5, 0.6) is 0 Å². The summed E-state index contributed by atoms with van der Waals surface area (Å²) in [6.45, 7) is 0.229. The third kappa shape index (κ3) is 10.3. The topological polar surface area (TPSA) is 54.4 Å². The van der Waals surface area contributed by atoms with Gasteiger partial charge in [-0.25, -0.2) is 8.42 Å². The van der Waals surface area contributed by atoms with E-state index in [9.17, 15) is 8.42 Å². The first-order valence-corrected chi connectivity index (χ1v) is 7.14. The lowest BCUT2D eigenvalue weighted by molar-refractivity contribution is 0.287. The number of unbranched alkanes of at least 4 members (excludes halogenated alkanes) is 1. The summed E-state index contributed by atoms with van der Waals surface area (Å²) in [6.07, 6.45) is 3.03. The fourth-order valence-corrected chi connectivity index (χ4v) is 2.92. The van der Waals surface area contributed by atoms with Crippen molar-refractivity contribution in [3.63, 3.8) is 0 Å². The lowest BCUT2D eigenvalue weighted by Crippen LogP contribution is -2.05. The van der Waals surface area contributed by atoms with Crippen LogP contribution >= 0.6 is 11.8 Å². The Kier molecular flexibility index (Phi) is 6.89. The summed E-state index contributed by atoms with van der Waals surface area (Å²) in [5.41, 5.74) is 0. The molecule has 3 nitrogen and oxygen atoms in total. The van der Waals surface area contributed by atoms with E-state index in [2.05, 4.69) is 0 Å². The van der Waals surface area contributed by atoms with Gasteiger partial charge in [-0.1, -0.05) is 0 Å². The summed E-state index contributed by atoms with van der Waals surface area (Å²) in [5, 5.41) is 8.45. The molecule has 0 aromatic rings.